The molecule has 6 nitrogen and oxygen atoms in total. The van der Waals surface area contributed by atoms with E-state index in [0.29, 0.717) is 33.9 Å². The lowest BCUT2D eigenvalue weighted by Gasteiger charge is -2.22. The van der Waals surface area contributed by atoms with E-state index in [2.05, 4.69) is 10.1 Å². The number of aromatic nitrogens is 3. The van der Waals surface area contributed by atoms with Gasteiger partial charge in [0.05, 0.1) is 22.3 Å². The first kappa shape index (κ1) is 19.4. The van der Waals surface area contributed by atoms with E-state index in [9.17, 15) is 23.1 Å². The molecule has 150 valence electrons. The standard InChI is InChI=1S/C19H14ClF3N4O2/c1-9-10(2)18(29)26(17(9)28)13-3-4-15-11(5-13)7-25-27(15)16-14(20)6-12(8-24-16)19(21,22)23/h3-8,17,28H,1-2H3. The Hall–Kier alpha value is -2.91. The van der Waals surface area contributed by atoms with Crippen molar-refractivity contribution in [2.24, 2.45) is 0 Å². The maximum absolute atomic E-state index is 12.8. The third-order valence-electron chi connectivity index (χ3n) is 4.94. The number of halogens is 4. The Labute approximate surface area is 167 Å². The third-order valence-corrected chi connectivity index (χ3v) is 5.22. The summed E-state index contributed by atoms with van der Waals surface area (Å²) < 4.78 is 39.8. The molecule has 2 aromatic heterocycles. The molecule has 1 amide bonds. The molecule has 1 aromatic carbocycles. The summed E-state index contributed by atoms with van der Waals surface area (Å²) in [6.07, 6.45) is -3.43. The van der Waals surface area contributed by atoms with Crippen LogP contribution >= 0.6 is 11.6 Å². The Balaban J connectivity index is 1.75. The molecule has 29 heavy (non-hydrogen) atoms. The Morgan fingerprint density at radius 1 is 1.17 bits per heavy atom. The van der Waals surface area contributed by atoms with Crippen LogP contribution in [0.5, 0.6) is 0 Å². The van der Waals surface area contributed by atoms with E-state index in [1.807, 2.05) is 0 Å². The number of carbonyl (C=O) groups is 1. The van der Waals surface area contributed by atoms with Crippen LogP contribution in [0, 0.1) is 0 Å². The van der Waals surface area contributed by atoms with Gasteiger partial charge < -0.3 is 5.11 Å². The van der Waals surface area contributed by atoms with Gasteiger partial charge in [0.2, 0.25) is 0 Å². The molecule has 1 aliphatic rings. The minimum absolute atomic E-state index is 0.0491. The lowest BCUT2D eigenvalue weighted by Crippen LogP contribution is -2.35. The Morgan fingerprint density at radius 3 is 2.48 bits per heavy atom. The number of fused-ring (bicyclic) bond motifs is 1. The van der Waals surface area contributed by atoms with Gasteiger partial charge in [-0.05, 0) is 43.7 Å². The van der Waals surface area contributed by atoms with E-state index >= 15 is 0 Å². The highest BCUT2D eigenvalue weighted by Gasteiger charge is 2.35. The summed E-state index contributed by atoms with van der Waals surface area (Å²) in [6.45, 7) is 3.34. The first-order valence-electron chi connectivity index (χ1n) is 8.49. The number of hydrogen-bond donors (Lipinski definition) is 1. The smallest absolute Gasteiger partial charge is 0.369 e. The van der Waals surface area contributed by atoms with Gasteiger partial charge in [0, 0.05) is 22.8 Å². The van der Waals surface area contributed by atoms with Crippen LogP contribution in [0.1, 0.15) is 19.4 Å². The zero-order valence-corrected chi connectivity index (χ0v) is 16.0. The van der Waals surface area contributed by atoms with Gasteiger partial charge in [0.25, 0.3) is 5.91 Å². The van der Waals surface area contributed by atoms with Crippen molar-refractivity contribution in [1.29, 1.82) is 0 Å². The summed E-state index contributed by atoms with van der Waals surface area (Å²) in [7, 11) is 0. The highest BCUT2D eigenvalue weighted by molar-refractivity contribution is 6.32. The maximum atomic E-state index is 12.8. The van der Waals surface area contributed by atoms with Crippen LogP contribution in [0.25, 0.3) is 16.7 Å². The Kier molecular flexibility index (Phi) is 4.39. The second-order valence-electron chi connectivity index (χ2n) is 6.68. The molecule has 0 spiro atoms. The molecule has 0 saturated heterocycles. The largest absolute Gasteiger partial charge is 0.417 e. The Bertz CT molecular complexity index is 1190. The zero-order chi connectivity index (χ0) is 21.1. The highest BCUT2D eigenvalue weighted by atomic mass is 35.5. The van der Waals surface area contributed by atoms with Crippen LogP contribution < -0.4 is 4.90 Å². The number of benzene rings is 1. The van der Waals surface area contributed by atoms with Crippen molar-refractivity contribution in [3.63, 3.8) is 0 Å². The molecule has 0 saturated carbocycles. The number of aliphatic hydroxyl groups is 1. The maximum Gasteiger partial charge on any atom is 0.417 e. The number of pyridine rings is 1. The number of carbonyl (C=O) groups excluding carboxylic acids is 1. The molecular formula is C19H14ClF3N4O2. The molecule has 4 rings (SSSR count). The van der Waals surface area contributed by atoms with Crippen molar-refractivity contribution in [3.8, 4) is 5.82 Å². The second-order valence-corrected chi connectivity index (χ2v) is 7.09. The van der Waals surface area contributed by atoms with E-state index < -0.39 is 18.0 Å². The molecule has 0 radical (unpaired) electrons. The summed E-state index contributed by atoms with van der Waals surface area (Å²) in [4.78, 5) is 17.5. The number of hydrogen-bond acceptors (Lipinski definition) is 4. The molecule has 10 heteroatoms. The van der Waals surface area contributed by atoms with Crippen LogP contribution in [-0.2, 0) is 11.0 Å². The zero-order valence-electron chi connectivity index (χ0n) is 15.2. The molecule has 0 aliphatic carbocycles. The van der Waals surface area contributed by atoms with Crippen LogP contribution in [0.2, 0.25) is 5.02 Å². The fraction of sp³-hybridized carbons (Fsp3) is 0.211. The highest BCUT2D eigenvalue weighted by Crippen LogP contribution is 2.34. The van der Waals surface area contributed by atoms with Crippen molar-refractivity contribution < 1.29 is 23.1 Å². The predicted molar refractivity (Wildman–Crippen MR) is 101 cm³/mol. The van der Waals surface area contributed by atoms with Crippen LogP contribution in [-0.4, -0.2) is 32.0 Å². The number of anilines is 1. The van der Waals surface area contributed by atoms with E-state index in [-0.39, 0.29) is 16.7 Å². The van der Waals surface area contributed by atoms with Crippen LogP contribution in [0.4, 0.5) is 18.9 Å². The van der Waals surface area contributed by atoms with Gasteiger partial charge in [-0.1, -0.05) is 11.6 Å². The summed E-state index contributed by atoms with van der Waals surface area (Å²) in [6, 6.07) is 5.70. The first-order valence-corrected chi connectivity index (χ1v) is 8.87. The van der Waals surface area contributed by atoms with E-state index in [1.165, 1.54) is 15.8 Å². The predicted octanol–water partition coefficient (Wildman–Crippen LogP) is 4.09. The molecule has 1 aliphatic heterocycles. The molecule has 1 N–H and O–H groups in total. The minimum Gasteiger partial charge on any atom is -0.369 e. The van der Waals surface area contributed by atoms with Crippen molar-refractivity contribution in [2.75, 3.05) is 4.90 Å². The van der Waals surface area contributed by atoms with Crippen LogP contribution in [0.3, 0.4) is 0 Å². The van der Waals surface area contributed by atoms with E-state index in [0.717, 1.165) is 6.07 Å². The topological polar surface area (TPSA) is 71.2 Å². The third kappa shape index (κ3) is 3.06. The summed E-state index contributed by atoms with van der Waals surface area (Å²) in [5, 5.41) is 14.9. The number of rotatable bonds is 2. The van der Waals surface area contributed by atoms with Gasteiger partial charge in [0.1, 0.15) is 0 Å². The van der Waals surface area contributed by atoms with Gasteiger partial charge in [0.15, 0.2) is 12.0 Å². The van der Waals surface area contributed by atoms with Gasteiger partial charge in [-0.3, -0.25) is 9.69 Å². The molecule has 3 aromatic rings. The van der Waals surface area contributed by atoms with Gasteiger partial charge >= 0.3 is 6.18 Å². The van der Waals surface area contributed by atoms with Crippen molar-refractivity contribution in [1.82, 2.24) is 14.8 Å². The lowest BCUT2D eigenvalue weighted by molar-refractivity contribution is -0.137. The number of nitrogens with zero attached hydrogens (tertiary/aromatic N) is 4. The van der Waals surface area contributed by atoms with E-state index in [4.69, 9.17) is 11.6 Å². The van der Waals surface area contributed by atoms with Crippen molar-refractivity contribution in [3.05, 3.63) is 58.4 Å². The van der Waals surface area contributed by atoms with Crippen molar-refractivity contribution in [2.45, 2.75) is 26.3 Å². The number of alkyl halides is 3. The van der Waals surface area contributed by atoms with Gasteiger partial charge in [-0.25, -0.2) is 9.67 Å². The first-order chi connectivity index (χ1) is 13.6. The fourth-order valence-electron chi connectivity index (χ4n) is 3.19. The summed E-state index contributed by atoms with van der Waals surface area (Å²) in [5.41, 5.74) is 1.10. The average Bonchev–Trinajstić information content (AvgIpc) is 3.16. The number of amides is 1. The van der Waals surface area contributed by atoms with Gasteiger partial charge in [-0.15, -0.1) is 0 Å². The normalized spacial score (nSPS) is 17.7. The second kappa shape index (κ2) is 6.57. The molecule has 0 bridgehead atoms. The summed E-state index contributed by atoms with van der Waals surface area (Å²) >= 11 is 6.02. The quantitative estimate of drug-likeness (QED) is 0.675. The molecular weight excluding hydrogens is 409 g/mol. The molecule has 1 unspecified atom stereocenters. The minimum atomic E-state index is -4.55. The fourth-order valence-corrected chi connectivity index (χ4v) is 3.43. The number of aliphatic hydroxyl groups excluding tert-OH is 1. The molecule has 1 atom stereocenters. The van der Waals surface area contributed by atoms with E-state index in [1.54, 1.807) is 32.0 Å². The summed E-state index contributed by atoms with van der Waals surface area (Å²) in [5.74, 6) is -0.248. The monoisotopic (exact) mass is 422 g/mol. The Morgan fingerprint density at radius 2 is 1.90 bits per heavy atom. The average molecular weight is 423 g/mol. The van der Waals surface area contributed by atoms with Crippen LogP contribution in [0.15, 0.2) is 47.8 Å². The lowest BCUT2D eigenvalue weighted by atomic mass is 10.2. The molecule has 3 heterocycles. The van der Waals surface area contributed by atoms with Crippen molar-refractivity contribution >= 4 is 34.1 Å². The van der Waals surface area contributed by atoms with Gasteiger partial charge in [-0.2, -0.15) is 18.3 Å². The SMILES string of the molecule is CC1=C(C)C(O)N(c2ccc3c(cnn3-c3ncc(C(F)(F)F)cc3Cl)c2)C1=O. The molecule has 0 fully saturated rings.